The number of aliphatic imine (C=N–C) groups is 1. The minimum absolute atomic E-state index is 0.00382. The first-order chi connectivity index (χ1) is 12.0. The van der Waals surface area contributed by atoms with Crippen molar-refractivity contribution in [3.63, 3.8) is 0 Å². The van der Waals surface area contributed by atoms with Crippen LogP contribution in [0.5, 0.6) is 0 Å². The van der Waals surface area contributed by atoms with E-state index in [1.807, 2.05) is 30.3 Å². The molecule has 0 aromatic heterocycles. The van der Waals surface area contributed by atoms with Gasteiger partial charge in [0.25, 0.3) is 5.69 Å². The molecule has 0 saturated carbocycles. The number of cyclic esters (lactones) is 1. The van der Waals surface area contributed by atoms with E-state index in [1.165, 1.54) is 24.3 Å². The van der Waals surface area contributed by atoms with Gasteiger partial charge in [-0.2, -0.15) is 0 Å². The van der Waals surface area contributed by atoms with Gasteiger partial charge in [-0.25, -0.2) is 9.79 Å². The number of allylic oxidation sites excluding steroid dienone is 2. The molecule has 7 heteroatoms. The van der Waals surface area contributed by atoms with Crippen molar-refractivity contribution < 1.29 is 14.5 Å². The van der Waals surface area contributed by atoms with Crippen LogP contribution in [0, 0.1) is 10.1 Å². The third-order valence-corrected chi connectivity index (χ3v) is 3.52. The summed E-state index contributed by atoms with van der Waals surface area (Å²) in [5.74, 6) is -0.662. The Morgan fingerprint density at radius 1 is 1.16 bits per heavy atom. The second-order valence-corrected chi connectivity index (χ2v) is 5.52. The molecule has 0 atom stereocenters. The molecule has 0 bridgehead atoms. The van der Waals surface area contributed by atoms with Gasteiger partial charge in [0.1, 0.15) is 0 Å². The highest BCUT2D eigenvalue weighted by atomic mass is 35.5. The van der Waals surface area contributed by atoms with Gasteiger partial charge in [-0.1, -0.05) is 48.0 Å². The molecule has 6 nitrogen and oxygen atoms in total. The fourth-order valence-electron chi connectivity index (χ4n) is 2.17. The number of ether oxygens (including phenoxy) is 1. The topological polar surface area (TPSA) is 81.8 Å². The van der Waals surface area contributed by atoms with Crippen molar-refractivity contribution in [1.29, 1.82) is 0 Å². The number of carbonyl (C=O) groups excluding carboxylic acids is 1. The molecule has 0 aliphatic carbocycles. The van der Waals surface area contributed by atoms with E-state index in [9.17, 15) is 14.9 Å². The van der Waals surface area contributed by atoms with Gasteiger partial charge in [-0.15, -0.1) is 0 Å². The molecule has 1 aliphatic rings. The molecular formula is C18H11ClN2O4. The Bertz CT molecular complexity index is 933. The van der Waals surface area contributed by atoms with E-state index in [1.54, 1.807) is 12.1 Å². The fraction of sp³-hybridized carbons (Fsp3) is 0. The Hall–Kier alpha value is -3.25. The second kappa shape index (κ2) is 7.11. The van der Waals surface area contributed by atoms with Crippen molar-refractivity contribution in [2.24, 2.45) is 4.99 Å². The summed E-state index contributed by atoms with van der Waals surface area (Å²) < 4.78 is 5.08. The van der Waals surface area contributed by atoms with Crippen LogP contribution in [-0.4, -0.2) is 16.8 Å². The van der Waals surface area contributed by atoms with Crippen molar-refractivity contribution in [1.82, 2.24) is 0 Å². The zero-order chi connectivity index (χ0) is 17.8. The normalized spacial score (nSPS) is 15.9. The van der Waals surface area contributed by atoms with Gasteiger partial charge in [0.2, 0.25) is 5.90 Å². The quantitative estimate of drug-likeness (QED) is 0.359. The molecule has 2 aromatic rings. The summed E-state index contributed by atoms with van der Waals surface area (Å²) in [5, 5.41) is 11.1. The number of nitro groups is 1. The summed E-state index contributed by atoms with van der Waals surface area (Å²) in [4.78, 5) is 26.3. The summed E-state index contributed by atoms with van der Waals surface area (Å²) >= 11 is 6.14. The lowest BCUT2D eigenvalue weighted by atomic mass is 10.2. The van der Waals surface area contributed by atoms with Crippen LogP contribution < -0.4 is 0 Å². The van der Waals surface area contributed by atoms with Crippen LogP contribution in [0.15, 0.2) is 76.4 Å². The van der Waals surface area contributed by atoms with E-state index in [0.29, 0.717) is 10.6 Å². The number of nitrogens with zero attached hydrogens (tertiary/aromatic N) is 2. The fourth-order valence-corrected chi connectivity index (χ4v) is 2.40. The number of carbonyl (C=O) groups is 1. The number of hydrogen-bond donors (Lipinski definition) is 0. The van der Waals surface area contributed by atoms with Crippen LogP contribution in [0.4, 0.5) is 5.69 Å². The van der Waals surface area contributed by atoms with Crippen LogP contribution in [0.3, 0.4) is 0 Å². The maximum atomic E-state index is 11.9. The van der Waals surface area contributed by atoms with E-state index in [-0.39, 0.29) is 17.3 Å². The Labute approximate surface area is 147 Å². The summed E-state index contributed by atoms with van der Waals surface area (Å²) in [7, 11) is 0. The highest BCUT2D eigenvalue weighted by molar-refractivity contribution is 6.33. The number of esters is 1. The van der Waals surface area contributed by atoms with E-state index in [0.717, 1.165) is 5.56 Å². The Kier molecular flexibility index (Phi) is 4.72. The predicted octanol–water partition coefficient (Wildman–Crippen LogP) is 4.06. The number of hydrogen-bond acceptors (Lipinski definition) is 5. The molecule has 1 aliphatic heterocycles. The Morgan fingerprint density at radius 3 is 2.64 bits per heavy atom. The van der Waals surface area contributed by atoms with E-state index in [2.05, 4.69) is 4.99 Å². The van der Waals surface area contributed by atoms with Gasteiger partial charge in [0.05, 0.1) is 4.92 Å². The monoisotopic (exact) mass is 354 g/mol. The molecule has 124 valence electrons. The number of nitro benzene ring substituents is 1. The van der Waals surface area contributed by atoms with Crippen LogP contribution in [0.2, 0.25) is 0 Å². The molecule has 1 heterocycles. The number of benzene rings is 2. The van der Waals surface area contributed by atoms with E-state index < -0.39 is 10.9 Å². The SMILES string of the molecule is O=C1OC(c2cccc([N+](=O)[O-])c2)=N/C1=C/C(Cl)=C/c1ccccc1. The standard InChI is InChI=1S/C18H11ClN2O4/c19-14(9-12-5-2-1-3-6-12)11-16-18(22)25-17(20-16)13-7-4-8-15(10-13)21(23)24/h1-11H/b14-9-,16-11+. The maximum Gasteiger partial charge on any atom is 0.363 e. The van der Waals surface area contributed by atoms with Gasteiger partial charge >= 0.3 is 5.97 Å². The van der Waals surface area contributed by atoms with Crippen LogP contribution in [0.1, 0.15) is 11.1 Å². The Morgan fingerprint density at radius 2 is 1.92 bits per heavy atom. The average molecular weight is 355 g/mol. The number of non-ortho nitro benzene ring substituents is 1. The smallest absolute Gasteiger partial charge is 0.363 e. The van der Waals surface area contributed by atoms with E-state index >= 15 is 0 Å². The lowest BCUT2D eigenvalue weighted by Gasteiger charge is -1.98. The van der Waals surface area contributed by atoms with Gasteiger partial charge in [0, 0.05) is 22.7 Å². The van der Waals surface area contributed by atoms with Gasteiger partial charge in [-0.05, 0) is 23.8 Å². The van der Waals surface area contributed by atoms with Crippen molar-refractivity contribution in [3.05, 3.63) is 92.6 Å². The number of halogens is 1. The molecule has 0 fully saturated rings. The van der Waals surface area contributed by atoms with Crippen molar-refractivity contribution in [2.45, 2.75) is 0 Å². The minimum atomic E-state index is -0.666. The first-order valence-corrected chi connectivity index (χ1v) is 7.60. The third-order valence-electron chi connectivity index (χ3n) is 3.30. The highest BCUT2D eigenvalue weighted by Crippen LogP contribution is 2.22. The zero-order valence-electron chi connectivity index (χ0n) is 12.8. The Balaban J connectivity index is 1.88. The van der Waals surface area contributed by atoms with Crippen molar-refractivity contribution >= 4 is 35.2 Å². The largest absolute Gasteiger partial charge is 0.402 e. The average Bonchev–Trinajstić information content (AvgIpc) is 2.96. The molecular weight excluding hydrogens is 344 g/mol. The van der Waals surface area contributed by atoms with Crippen LogP contribution in [-0.2, 0) is 9.53 Å². The molecule has 25 heavy (non-hydrogen) atoms. The van der Waals surface area contributed by atoms with Crippen LogP contribution in [0.25, 0.3) is 6.08 Å². The molecule has 0 spiro atoms. The van der Waals surface area contributed by atoms with Gasteiger partial charge in [-0.3, -0.25) is 10.1 Å². The van der Waals surface area contributed by atoms with Crippen LogP contribution >= 0.6 is 11.6 Å². The summed E-state index contributed by atoms with van der Waals surface area (Å²) in [6.45, 7) is 0. The molecule has 0 unspecified atom stereocenters. The predicted molar refractivity (Wildman–Crippen MR) is 94.1 cm³/mol. The molecule has 0 radical (unpaired) electrons. The molecule has 0 saturated heterocycles. The van der Waals surface area contributed by atoms with E-state index in [4.69, 9.17) is 16.3 Å². The highest BCUT2D eigenvalue weighted by Gasteiger charge is 2.25. The molecule has 3 rings (SSSR count). The lowest BCUT2D eigenvalue weighted by molar-refractivity contribution is -0.384. The maximum absolute atomic E-state index is 11.9. The summed E-state index contributed by atoms with van der Waals surface area (Å²) in [5.41, 5.74) is 1.13. The molecule has 0 amide bonds. The molecule has 2 aromatic carbocycles. The summed E-state index contributed by atoms with van der Waals surface area (Å²) in [6.07, 6.45) is 3.07. The second-order valence-electron chi connectivity index (χ2n) is 5.08. The van der Waals surface area contributed by atoms with Crippen molar-refractivity contribution in [3.8, 4) is 0 Å². The third kappa shape index (κ3) is 3.99. The molecule has 0 N–H and O–H groups in total. The first kappa shape index (κ1) is 16.6. The lowest BCUT2D eigenvalue weighted by Crippen LogP contribution is -2.05. The van der Waals surface area contributed by atoms with Gasteiger partial charge in [0.15, 0.2) is 5.70 Å². The summed E-state index contributed by atoms with van der Waals surface area (Å²) in [6, 6.07) is 15.0. The first-order valence-electron chi connectivity index (χ1n) is 7.22. The number of rotatable bonds is 4. The van der Waals surface area contributed by atoms with Crippen molar-refractivity contribution in [2.75, 3.05) is 0 Å². The zero-order valence-corrected chi connectivity index (χ0v) is 13.5. The minimum Gasteiger partial charge on any atom is -0.402 e. The van der Waals surface area contributed by atoms with Gasteiger partial charge < -0.3 is 4.74 Å².